The van der Waals surface area contributed by atoms with Crippen LogP contribution in [0.5, 0.6) is 5.88 Å². The molecule has 0 atom stereocenters. The number of rotatable bonds is 3. The average Bonchev–Trinajstić information content (AvgIpc) is 2.41. The molecule has 4 nitrogen and oxygen atoms in total. The van der Waals surface area contributed by atoms with Gasteiger partial charge in [0.1, 0.15) is 0 Å². The largest absolute Gasteiger partial charge is 0.481 e. The van der Waals surface area contributed by atoms with Gasteiger partial charge in [0.05, 0.1) is 12.7 Å². The monoisotopic (exact) mass is 306 g/mol. The average molecular weight is 307 g/mol. The molecule has 2 aromatic rings. The number of nitrogens with one attached hydrogen (secondary N) is 1. The van der Waals surface area contributed by atoms with Crippen LogP contribution in [0, 0.1) is 0 Å². The molecule has 1 heterocycles. The molecule has 5 heteroatoms. The van der Waals surface area contributed by atoms with Crippen molar-refractivity contribution in [2.75, 3.05) is 12.4 Å². The van der Waals surface area contributed by atoms with Crippen molar-refractivity contribution in [3.05, 3.63) is 52.6 Å². The number of pyridine rings is 1. The SMILES string of the molecule is COc1ccc(C(=O)Nc2ccc(Br)cc2)cn1. The zero-order chi connectivity index (χ0) is 13.0. The molecule has 1 aromatic carbocycles. The number of methoxy groups -OCH3 is 1. The second-order valence-electron chi connectivity index (χ2n) is 3.55. The molecule has 1 aromatic heterocycles. The first-order valence-electron chi connectivity index (χ1n) is 5.26. The maximum absolute atomic E-state index is 11.9. The Balaban J connectivity index is 2.09. The highest BCUT2D eigenvalue weighted by molar-refractivity contribution is 9.10. The summed E-state index contributed by atoms with van der Waals surface area (Å²) in [7, 11) is 1.53. The third-order valence-corrected chi connectivity index (χ3v) is 2.84. The number of hydrogen-bond donors (Lipinski definition) is 1. The molecular formula is C13H11BrN2O2. The van der Waals surface area contributed by atoms with E-state index < -0.39 is 0 Å². The highest BCUT2D eigenvalue weighted by atomic mass is 79.9. The predicted molar refractivity (Wildman–Crippen MR) is 72.9 cm³/mol. The maximum Gasteiger partial charge on any atom is 0.257 e. The van der Waals surface area contributed by atoms with Crippen LogP contribution in [0.15, 0.2) is 47.1 Å². The van der Waals surface area contributed by atoms with Crippen LogP contribution >= 0.6 is 15.9 Å². The molecular weight excluding hydrogens is 296 g/mol. The third-order valence-electron chi connectivity index (χ3n) is 2.31. The van der Waals surface area contributed by atoms with Crippen LogP contribution in [0.3, 0.4) is 0 Å². The molecule has 1 amide bonds. The van der Waals surface area contributed by atoms with Crippen molar-refractivity contribution in [1.82, 2.24) is 4.98 Å². The van der Waals surface area contributed by atoms with Gasteiger partial charge in [0.25, 0.3) is 5.91 Å². The third kappa shape index (κ3) is 3.07. The quantitative estimate of drug-likeness (QED) is 0.948. The van der Waals surface area contributed by atoms with Gasteiger partial charge in [-0.3, -0.25) is 4.79 Å². The minimum Gasteiger partial charge on any atom is -0.481 e. The van der Waals surface area contributed by atoms with Crippen molar-refractivity contribution in [1.29, 1.82) is 0 Å². The Kier molecular flexibility index (Phi) is 3.94. The van der Waals surface area contributed by atoms with E-state index in [2.05, 4.69) is 26.2 Å². The van der Waals surface area contributed by atoms with Crippen molar-refractivity contribution < 1.29 is 9.53 Å². The van der Waals surface area contributed by atoms with E-state index in [9.17, 15) is 4.79 Å². The minimum atomic E-state index is -0.201. The molecule has 0 aliphatic rings. The Morgan fingerprint density at radius 1 is 1.22 bits per heavy atom. The molecule has 0 aliphatic carbocycles. The first-order chi connectivity index (χ1) is 8.69. The second kappa shape index (κ2) is 5.64. The van der Waals surface area contributed by atoms with Crippen LogP contribution in [0.1, 0.15) is 10.4 Å². The summed E-state index contributed by atoms with van der Waals surface area (Å²) in [4.78, 5) is 15.9. The summed E-state index contributed by atoms with van der Waals surface area (Å²) in [5, 5.41) is 2.78. The molecule has 1 N–H and O–H groups in total. The lowest BCUT2D eigenvalue weighted by Crippen LogP contribution is -2.12. The predicted octanol–water partition coefficient (Wildman–Crippen LogP) is 3.11. The number of halogens is 1. The van der Waals surface area contributed by atoms with Crippen LogP contribution in [0.2, 0.25) is 0 Å². The summed E-state index contributed by atoms with van der Waals surface area (Å²) in [6.07, 6.45) is 1.48. The van der Waals surface area contributed by atoms with Gasteiger partial charge in [-0.2, -0.15) is 0 Å². The second-order valence-corrected chi connectivity index (χ2v) is 4.47. The van der Waals surface area contributed by atoms with Gasteiger partial charge in [-0.05, 0) is 30.3 Å². The number of aromatic nitrogens is 1. The summed E-state index contributed by atoms with van der Waals surface area (Å²) in [5.41, 5.74) is 1.22. The summed E-state index contributed by atoms with van der Waals surface area (Å²) >= 11 is 3.34. The molecule has 0 bridgehead atoms. The summed E-state index contributed by atoms with van der Waals surface area (Å²) < 4.78 is 5.90. The summed E-state index contributed by atoms with van der Waals surface area (Å²) in [6, 6.07) is 10.7. The van der Waals surface area contributed by atoms with Gasteiger partial charge in [0.15, 0.2) is 0 Å². The standard InChI is InChI=1S/C13H11BrN2O2/c1-18-12-7-2-9(8-15-12)13(17)16-11-5-3-10(14)4-6-11/h2-8H,1H3,(H,16,17). The fourth-order valence-corrected chi connectivity index (χ4v) is 1.64. The highest BCUT2D eigenvalue weighted by Crippen LogP contribution is 2.15. The highest BCUT2D eigenvalue weighted by Gasteiger charge is 2.06. The fraction of sp³-hybridized carbons (Fsp3) is 0.0769. The van der Waals surface area contributed by atoms with Crippen molar-refractivity contribution >= 4 is 27.5 Å². The number of carbonyl (C=O) groups is 1. The first-order valence-corrected chi connectivity index (χ1v) is 6.05. The number of anilines is 1. The van der Waals surface area contributed by atoms with E-state index >= 15 is 0 Å². The topological polar surface area (TPSA) is 51.2 Å². The fourth-order valence-electron chi connectivity index (χ4n) is 1.37. The van der Waals surface area contributed by atoms with Crippen LogP contribution in [-0.2, 0) is 0 Å². The number of benzene rings is 1. The molecule has 0 aliphatic heterocycles. The first kappa shape index (κ1) is 12.6. The summed E-state index contributed by atoms with van der Waals surface area (Å²) in [5.74, 6) is 0.280. The van der Waals surface area contributed by atoms with Crippen molar-refractivity contribution in [2.24, 2.45) is 0 Å². The van der Waals surface area contributed by atoms with E-state index in [-0.39, 0.29) is 5.91 Å². The molecule has 0 saturated heterocycles. The van der Waals surface area contributed by atoms with Crippen LogP contribution in [0.25, 0.3) is 0 Å². The van der Waals surface area contributed by atoms with Gasteiger partial charge < -0.3 is 10.1 Å². The van der Waals surface area contributed by atoms with Crippen LogP contribution < -0.4 is 10.1 Å². The van der Waals surface area contributed by atoms with Gasteiger partial charge in [0.2, 0.25) is 5.88 Å². The lowest BCUT2D eigenvalue weighted by molar-refractivity contribution is 0.102. The van der Waals surface area contributed by atoms with Gasteiger partial charge in [-0.1, -0.05) is 15.9 Å². The smallest absolute Gasteiger partial charge is 0.257 e. The number of carbonyl (C=O) groups excluding carboxylic acids is 1. The van der Waals surface area contributed by atoms with Gasteiger partial charge in [-0.15, -0.1) is 0 Å². The van der Waals surface area contributed by atoms with Crippen molar-refractivity contribution in [3.8, 4) is 5.88 Å². The normalized spacial score (nSPS) is 9.89. The number of amides is 1. The lowest BCUT2D eigenvalue weighted by Gasteiger charge is -2.05. The molecule has 0 spiro atoms. The number of nitrogens with zero attached hydrogens (tertiary/aromatic N) is 1. The van der Waals surface area contributed by atoms with Crippen molar-refractivity contribution in [3.63, 3.8) is 0 Å². The minimum absolute atomic E-state index is 0.201. The molecule has 0 radical (unpaired) electrons. The molecule has 0 fully saturated rings. The Morgan fingerprint density at radius 2 is 1.94 bits per heavy atom. The number of ether oxygens (including phenoxy) is 1. The number of hydrogen-bond acceptors (Lipinski definition) is 3. The van der Waals surface area contributed by atoms with E-state index in [1.165, 1.54) is 13.3 Å². The van der Waals surface area contributed by atoms with Crippen molar-refractivity contribution in [2.45, 2.75) is 0 Å². The molecule has 0 unspecified atom stereocenters. The van der Waals surface area contributed by atoms with Crippen LogP contribution in [0.4, 0.5) is 5.69 Å². The molecule has 92 valence electrons. The zero-order valence-corrected chi connectivity index (χ0v) is 11.3. The maximum atomic E-state index is 11.9. The van der Waals surface area contributed by atoms with E-state index in [1.807, 2.05) is 24.3 Å². The molecule has 18 heavy (non-hydrogen) atoms. The van der Waals surface area contributed by atoms with E-state index in [1.54, 1.807) is 12.1 Å². The lowest BCUT2D eigenvalue weighted by atomic mass is 10.2. The van der Waals surface area contributed by atoms with E-state index in [0.717, 1.165) is 10.2 Å². The van der Waals surface area contributed by atoms with Crippen LogP contribution in [-0.4, -0.2) is 18.0 Å². The van der Waals surface area contributed by atoms with E-state index in [4.69, 9.17) is 4.74 Å². The van der Waals surface area contributed by atoms with Gasteiger partial charge >= 0.3 is 0 Å². The van der Waals surface area contributed by atoms with E-state index in [0.29, 0.717) is 11.4 Å². The Morgan fingerprint density at radius 3 is 2.50 bits per heavy atom. The van der Waals surface area contributed by atoms with Gasteiger partial charge in [-0.25, -0.2) is 4.98 Å². The Bertz CT molecular complexity index is 538. The molecule has 0 saturated carbocycles. The zero-order valence-electron chi connectivity index (χ0n) is 9.68. The Labute approximate surface area is 113 Å². The Hall–Kier alpha value is -1.88. The molecule has 2 rings (SSSR count). The summed E-state index contributed by atoms with van der Waals surface area (Å²) in [6.45, 7) is 0. The van der Waals surface area contributed by atoms with Gasteiger partial charge in [0, 0.05) is 22.4 Å².